The molecule has 0 amide bonds. The number of benzene rings is 2. The van der Waals surface area contributed by atoms with E-state index in [0.29, 0.717) is 24.1 Å². The van der Waals surface area contributed by atoms with Crippen molar-refractivity contribution in [1.82, 2.24) is 9.97 Å². The maximum Gasteiger partial charge on any atom is 0.186 e. The predicted octanol–water partition coefficient (Wildman–Crippen LogP) is 5.97. The molecule has 180 valence electrons. The van der Waals surface area contributed by atoms with Gasteiger partial charge in [-0.3, -0.25) is 4.98 Å². The van der Waals surface area contributed by atoms with Crippen LogP contribution in [0.15, 0.2) is 53.0 Å². The number of ether oxygens (including phenoxy) is 2. The lowest BCUT2D eigenvalue weighted by molar-refractivity contribution is 0.0996. The van der Waals surface area contributed by atoms with Crippen LogP contribution >= 0.6 is 11.3 Å². The Morgan fingerprint density at radius 3 is 2.59 bits per heavy atom. The second kappa shape index (κ2) is 9.85. The second-order valence-electron chi connectivity index (χ2n) is 8.91. The Kier molecular flexibility index (Phi) is 7.06. The lowest BCUT2D eigenvalue weighted by Gasteiger charge is -2.22. The van der Waals surface area contributed by atoms with E-state index in [4.69, 9.17) is 9.47 Å². The summed E-state index contributed by atoms with van der Waals surface area (Å²) in [5, 5.41) is 4.09. The number of nitrogens with one attached hydrogen (secondary N) is 1. The van der Waals surface area contributed by atoms with Gasteiger partial charge in [-0.25, -0.2) is 13.4 Å². The normalized spacial score (nSPS) is 12.4. The van der Waals surface area contributed by atoms with Crippen molar-refractivity contribution >= 4 is 53.7 Å². The fourth-order valence-corrected chi connectivity index (χ4v) is 5.44. The number of fused-ring (bicyclic) bond motifs is 2. The van der Waals surface area contributed by atoms with E-state index in [9.17, 15) is 8.42 Å². The molecule has 2 aromatic carbocycles. The van der Waals surface area contributed by atoms with Crippen molar-refractivity contribution in [3.8, 4) is 5.75 Å². The summed E-state index contributed by atoms with van der Waals surface area (Å²) in [4.78, 5) is 8.99. The molecule has 7 nitrogen and oxygen atoms in total. The maximum absolute atomic E-state index is 13.5. The lowest BCUT2D eigenvalue weighted by atomic mass is 10.1. The van der Waals surface area contributed by atoms with E-state index in [1.54, 1.807) is 50.4 Å². The Bertz CT molecular complexity index is 1410. The average Bonchev–Trinajstić information content (AvgIpc) is 3.26. The van der Waals surface area contributed by atoms with Crippen LogP contribution in [0.3, 0.4) is 0 Å². The van der Waals surface area contributed by atoms with Gasteiger partial charge in [0, 0.05) is 35.6 Å². The van der Waals surface area contributed by atoms with Crippen molar-refractivity contribution in [3.63, 3.8) is 0 Å². The Morgan fingerprint density at radius 1 is 1.00 bits per heavy atom. The van der Waals surface area contributed by atoms with Crippen LogP contribution in [0.25, 0.3) is 21.1 Å². The largest absolute Gasteiger partial charge is 0.490 e. The average molecular weight is 500 g/mol. The molecule has 0 unspecified atom stereocenters. The minimum absolute atomic E-state index is 0.147. The van der Waals surface area contributed by atoms with E-state index in [-0.39, 0.29) is 17.3 Å². The molecule has 0 aliphatic heterocycles. The zero-order valence-corrected chi connectivity index (χ0v) is 21.4. The molecular weight excluding hydrogens is 470 g/mol. The third-order valence-corrected chi connectivity index (χ3v) is 8.67. The first-order valence-electron chi connectivity index (χ1n) is 11.2. The summed E-state index contributed by atoms with van der Waals surface area (Å²) < 4.78 is 38.5. The van der Waals surface area contributed by atoms with E-state index in [2.05, 4.69) is 15.3 Å². The lowest BCUT2D eigenvalue weighted by Crippen LogP contribution is -2.28. The van der Waals surface area contributed by atoms with Gasteiger partial charge in [0.25, 0.3) is 0 Å². The molecule has 4 rings (SSSR count). The Hall–Kier alpha value is -2.75. The molecule has 0 aliphatic carbocycles. The van der Waals surface area contributed by atoms with E-state index in [1.165, 1.54) is 0 Å². The van der Waals surface area contributed by atoms with Gasteiger partial charge in [-0.05, 0) is 57.5 Å². The molecule has 4 aromatic rings. The number of pyridine rings is 1. The molecule has 1 N–H and O–H groups in total. The van der Waals surface area contributed by atoms with Gasteiger partial charge in [0.05, 0.1) is 32.6 Å². The van der Waals surface area contributed by atoms with Gasteiger partial charge in [-0.2, -0.15) is 0 Å². The van der Waals surface area contributed by atoms with Crippen LogP contribution in [-0.2, 0) is 14.6 Å². The van der Waals surface area contributed by atoms with Crippen LogP contribution in [0.4, 0.5) is 11.4 Å². The fraction of sp³-hybridized carbons (Fsp3) is 0.360. The monoisotopic (exact) mass is 499 g/mol. The van der Waals surface area contributed by atoms with Gasteiger partial charge in [0.15, 0.2) is 9.84 Å². The molecular formula is C25H29N3O4S2. The molecule has 0 radical (unpaired) electrons. The Morgan fingerprint density at radius 2 is 1.82 bits per heavy atom. The molecule has 0 saturated heterocycles. The number of nitrogens with zero attached hydrogens (tertiary/aromatic N) is 2. The first kappa shape index (κ1) is 24.4. The van der Waals surface area contributed by atoms with Gasteiger partial charge in [-0.1, -0.05) is 6.92 Å². The molecule has 0 atom stereocenters. The minimum Gasteiger partial charge on any atom is -0.490 e. The first-order chi connectivity index (χ1) is 16.2. The van der Waals surface area contributed by atoms with Crippen LogP contribution in [0.2, 0.25) is 0 Å². The maximum atomic E-state index is 13.5. The van der Waals surface area contributed by atoms with Gasteiger partial charge < -0.3 is 14.8 Å². The molecule has 0 spiro atoms. The van der Waals surface area contributed by atoms with Crippen molar-refractivity contribution in [2.45, 2.75) is 43.8 Å². The third-order valence-electron chi connectivity index (χ3n) is 5.35. The predicted molar refractivity (Wildman–Crippen MR) is 138 cm³/mol. The smallest absolute Gasteiger partial charge is 0.186 e. The topological polar surface area (TPSA) is 90.4 Å². The number of rotatable bonds is 9. The molecule has 0 fully saturated rings. The van der Waals surface area contributed by atoms with Crippen LogP contribution in [0, 0.1) is 0 Å². The van der Waals surface area contributed by atoms with Crippen LogP contribution in [0.5, 0.6) is 5.75 Å². The number of hydrogen-bond donors (Lipinski definition) is 1. The summed E-state index contributed by atoms with van der Waals surface area (Å²) in [6, 6.07) is 11.2. The summed E-state index contributed by atoms with van der Waals surface area (Å²) in [5.41, 5.74) is 4.97. The van der Waals surface area contributed by atoms with E-state index >= 15 is 0 Å². The summed E-state index contributed by atoms with van der Waals surface area (Å²) in [5.74, 6) is 0.288. The molecule has 0 saturated carbocycles. The van der Waals surface area contributed by atoms with Gasteiger partial charge in [0.2, 0.25) is 0 Å². The summed E-state index contributed by atoms with van der Waals surface area (Å²) in [7, 11) is -3.69. The number of sulfone groups is 1. The molecule has 0 aliphatic rings. The first-order valence-corrected chi connectivity index (χ1v) is 13.5. The zero-order valence-electron chi connectivity index (χ0n) is 19.8. The van der Waals surface area contributed by atoms with Gasteiger partial charge >= 0.3 is 0 Å². The van der Waals surface area contributed by atoms with Crippen molar-refractivity contribution in [3.05, 3.63) is 48.1 Å². The quantitative estimate of drug-likeness (QED) is 0.284. The van der Waals surface area contributed by atoms with Crippen LogP contribution in [-0.4, -0.2) is 43.0 Å². The van der Waals surface area contributed by atoms with Crippen LogP contribution < -0.4 is 10.1 Å². The number of aromatic nitrogens is 2. The Labute approximate surface area is 204 Å². The number of thiazole rings is 1. The standard InChI is InChI=1S/C25H29N3O4S2/c1-5-10-31-11-12-32-22-15-20-18(14-24(22)34(29,30)25(2,3)4)19(8-9-26-20)28-17-6-7-23-21(13-17)27-16-33-23/h6-9,13-16H,5,10-12H2,1-4H3,(H,26,28). The van der Waals surface area contributed by atoms with E-state index in [1.807, 2.05) is 36.7 Å². The molecule has 2 heterocycles. The van der Waals surface area contributed by atoms with Crippen molar-refractivity contribution < 1.29 is 17.9 Å². The highest BCUT2D eigenvalue weighted by Crippen LogP contribution is 2.37. The highest BCUT2D eigenvalue weighted by Gasteiger charge is 2.34. The van der Waals surface area contributed by atoms with Crippen LogP contribution in [0.1, 0.15) is 34.1 Å². The fourth-order valence-electron chi connectivity index (χ4n) is 3.46. The summed E-state index contributed by atoms with van der Waals surface area (Å²) >= 11 is 1.59. The highest BCUT2D eigenvalue weighted by molar-refractivity contribution is 7.92. The molecule has 9 heteroatoms. The molecule has 2 aromatic heterocycles. The Balaban J connectivity index is 1.76. The number of anilines is 2. The molecule has 34 heavy (non-hydrogen) atoms. The van der Waals surface area contributed by atoms with Gasteiger partial charge in [-0.15, -0.1) is 11.3 Å². The van der Waals surface area contributed by atoms with E-state index in [0.717, 1.165) is 28.0 Å². The van der Waals surface area contributed by atoms with Crippen molar-refractivity contribution in [2.75, 3.05) is 25.1 Å². The third kappa shape index (κ3) is 5.01. The SMILES string of the molecule is CCCOCCOc1cc2nccc(Nc3ccc4scnc4c3)c2cc1S(=O)(=O)C(C)(C)C. The minimum atomic E-state index is -3.69. The number of hydrogen-bond acceptors (Lipinski definition) is 8. The zero-order chi connectivity index (χ0) is 24.3. The van der Waals surface area contributed by atoms with Crippen molar-refractivity contribution in [1.29, 1.82) is 0 Å². The van der Waals surface area contributed by atoms with Crippen molar-refractivity contribution in [2.24, 2.45) is 0 Å². The summed E-state index contributed by atoms with van der Waals surface area (Å²) in [6.45, 7) is 8.37. The summed E-state index contributed by atoms with van der Waals surface area (Å²) in [6.07, 6.45) is 2.60. The molecule has 0 bridgehead atoms. The highest BCUT2D eigenvalue weighted by atomic mass is 32.2. The second-order valence-corrected chi connectivity index (χ2v) is 12.5. The van der Waals surface area contributed by atoms with Gasteiger partial charge in [0.1, 0.15) is 17.3 Å². The van der Waals surface area contributed by atoms with E-state index < -0.39 is 14.6 Å².